The molecule has 2 aromatic rings. The van der Waals surface area contributed by atoms with Crippen LogP contribution in [-0.2, 0) is 0 Å². The monoisotopic (exact) mass is 330 g/mol. The summed E-state index contributed by atoms with van der Waals surface area (Å²) in [4.78, 5) is 20.7. The summed E-state index contributed by atoms with van der Waals surface area (Å²) in [7, 11) is 3.16. The highest BCUT2D eigenvalue weighted by molar-refractivity contribution is 5.92. The minimum absolute atomic E-state index is 0.0332. The summed E-state index contributed by atoms with van der Waals surface area (Å²) in [6, 6.07) is 7.04. The topological polar surface area (TPSA) is 85.4 Å². The highest BCUT2D eigenvalue weighted by atomic mass is 16.5. The molecule has 0 radical (unpaired) electrons. The third kappa shape index (κ3) is 4.34. The van der Waals surface area contributed by atoms with Crippen molar-refractivity contribution in [1.82, 2.24) is 15.3 Å². The number of rotatable bonds is 6. The Kier molecular flexibility index (Phi) is 5.57. The van der Waals surface area contributed by atoms with Crippen LogP contribution in [0, 0.1) is 6.92 Å². The number of carbonyl (C=O) groups excluding carboxylic acids is 1. The number of anilines is 2. The molecule has 0 bridgehead atoms. The van der Waals surface area contributed by atoms with Gasteiger partial charge in [-0.15, -0.1) is 0 Å². The zero-order chi connectivity index (χ0) is 17.7. The first-order chi connectivity index (χ1) is 11.4. The van der Waals surface area contributed by atoms with Gasteiger partial charge in [-0.05, 0) is 39.0 Å². The molecular formula is C17H22N4O3. The first-order valence-corrected chi connectivity index (χ1v) is 7.58. The number of nitrogens with one attached hydrogen (secondary N) is 2. The number of carbonyl (C=O) groups is 1. The second-order valence-corrected chi connectivity index (χ2v) is 5.54. The Hall–Kier alpha value is -2.83. The molecule has 0 unspecified atom stereocenters. The SMILES string of the molecule is COc1ccc(Nc2nc(C)cc(C(=O)NC(C)C)n2)c(OC)c1. The molecule has 0 aliphatic carbocycles. The number of hydrogen-bond donors (Lipinski definition) is 2. The molecule has 24 heavy (non-hydrogen) atoms. The van der Waals surface area contributed by atoms with Gasteiger partial charge in [0.2, 0.25) is 5.95 Å². The maximum Gasteiger partial charge on any atom is 0.270 e. The fourth-order valence-electron chi connectivity index (χ4n) is 2.10. The van der Waals surface area contributed by atoms with Gasteiger partial charge in [-0.1, -0.05) is 0 Å². The predicted octanol–water partition coefficient (Wildman–Crippen LogP) is 2.68. The largest absolute Gasteiger partial charge is 0.497 e. The molecule has 2 N–H and O–H groups in total. The van der Waals surface area contributed by atoms with Gasteiger partial charge in [0.1, 0.15) is 17.2 Å². The highest BCUT2D eigenvalue weighted by Crippen LogP contribution is 2.30. The third-order valence-electron chi connectivity index (χ3n) is 3.16. The van der Waals surface area contributed by atoms with Gasteiger partial charge in [0, 0.05) is 17.8 Å². The van der Waals surface area contributed by atoms with Gasteiger partial charge in [0.25, 0.3) is 5.91 Å². The Labute approximate surface area is 141 Å². The Morgan fingerprint density at radius 3 is 2.50 bits per heavy atom. The van der Waals surface area contributed by atoms with E-state index in [1.54, 1.807) is 38.5 Å². The van der Waals surface area contributed by atoms with Gasteiger partial charge in [0.05, 0.1) is 19.9 Å². The molecule has 7 heteroatoms. The molecule has 1 amide bonds. The summed E-state index contributed by atoms with van der Waals surface area (Å²) >= 11 is 0. The van der Waals surface area contributed by atoms with Gasteiger partial charge >= 0.3 is 0 Å². The number of nitrogens with zero attached hydrogens (tertiary/aromatic N) is 2. The van der Waals surface area contributed by atoms with Crippen molar-refractivity contribution in [2.75, 3.05) is 19.5 Å². The predicted molar refractivity (Wildman–Crippen MR) is 92.2 cm³/mol. The lowest BCUT2D eigenvalue weighted by Gasteiger charge is -2.13. The molecule has 0 aliphatic rings. The second kappa shape index (κ2) is 7.63. The summed E-state index contributed by atoms with van der Waals surface area (Å²) in [5, 5.41) is 5.90. The molecule has 7 nitrogen and oxygen atoms in total. The van der Waals surface area contributed by atoms with E-state index < -0.39 is 0 Å². The first kappa shape index (κ1) is 17.5. The number of benzene rings is 1. The zero-order valence-electron chi connectivity index (χ0n) is 14.5. The van der Waals surface area contributed by atoms with Crippen molar-refractivity contribution in [2.45, 2.75) is 26.8 Å². The molecule has 0 saturated heterocycles. The summed E-state index contributed by atoms with van der Waals surface area (Å²) < 4.78 is 10.5. The van der Waals surface area contributed by atoms with Crippen molar-refractivity contribution in [1.29, 1.82) is 0 Å². The molecule has 1 heterocycles. The molecular weight excluding hydrogens is 308 g/mol. The van der Waals surface area contributed by atoms with Crippen LogP contribution in [0.2, 0.25) is 0 Å². The van der Waals surface area contributed by atoms with E-state index in [0.717, 1.165) is 0 Å². The molecule has 0 saturated carbocycles. The van der Waals surface area contributed by atoms with E-state index in [2.05, 4.69) is 20.6 Å². The second-order valence-electron chi connectivity index (χ2n) is 5.54. The third-order valence-corrected chi connectivity index (χ3v) is 3.16. The molecule has 1 aromatic heterocycles. The van der Waals surface area contributed by atoms with Crippen LogP contribution in [0.25, 0.3) is 0 Å². The zero-order valence-corrected chi connectivity index (χ0v) is 14.5. The normalized spacial score (nSPS) is 10.4. The highest BCUT2D eigenvalue weighted by Gasteiger charge is 2.13. The number of amides is 1. The standard InChI is InChI=1S/C17H22N4O3/c1-10(2)18-16(22)14-8-11(3)19-17(21-14)20-13-7-6-12(23-4)9-15(13)24-5/h6-10H,1-5H3,(H,18,22)(H,19,20,21). The number of aryl methyl sites for hydroxylation is 1. The molecule has 0 fully saturated rings. The molecule has 1 aromatic carbocycles. The van der Waals surface area contributed by atoms with E-state index in [1.807, 2.05) is 20.8 Å². The van der Waals surface area contributed by atoms with Crippen LogP contribution in [0.3, 0.4) is 0 Å². The van der Waals surface area contributed by atoms with E-state index in [1.165, 1.54) is 0 Å². The van der Waals surface area contributed by atoms with Crippen molar-refractivity contribution in [2.24, 2.45) is 0 Å². The van der Waals surface area contributed by atoms with Gasteiger partial charge in [-0.2, -0.15) is 0 Å². The number of hydrogen-bond acceptors (Lipinski definition) is 6. The summed E-state index contributed by atoms with van der Waals surface area (Å²) in [6.07, 6.45) is 0. The summed E-state index contributed by atoms with van der Waals surface area (Å²) in [5.74, 6) is 1.36. The van der Waals surface area contributed by atoms with Crippen LogP contribution in [0.1, 0.15) is 30.0 Å². The van der Waals surface area contributed by atoms with E-state index in [4.69, 9.17) is 9.47 Å². The van der Waals surface area contributed by atoms with Crippen LogP contribution >= 0.6 is 0 Å². The quantitative estimate of drug-likeness (QED) is 0.847. The lowest BCUT2D eigenvalue weighted by molar-refractivity contribution is 0.0938. The van der Waals surface area contributed by atoms with E-state index in [9.17, 15) is 4.79 Å². The van der Waals surface area contributed by atoms with Crippen molar-refractivity contribution in [3.63, 3.8) is 0 Å². The van der Waals surface area contributed by atoms with E-state index in [-0.39, 0.29) is 11.9 Å². The van der Waals surface area contributed by atoms with E-state index >= 15 is 0 Å². The van der Waals surface area contributed by atoms with Crippen molar-refractivity contribution in [3.8, 4) is 11.5 Å². The van der Waals surface area contributed by atoms with Gasteiger partial charge in [-0.25, -0.2) is 9.97 Å². The Morgan fingerprint density at radius 2 is 1.88 bits per heavy atom. The fraction of sp³-hybridized carbons (Fsp3) is 0.353. The Morgan fingerprint density at radius 1 is 1.12 bits per heavy atom. The Balaban J connectivity index is 2.30. The summed E-state index contributed by atoms with van der Waals surface area (Å²) in [5.41, 5.74) is 1.68. The van der Waals surface area contributed by atoms with Crippen LogP contribution in [-0.4, -0.2) is 36.1 Å². The fourth-order valence-corrected chi connectivity index (χ4v) is 2.10. The Bertz CT molecular complexity index is 732. The van der Waals surface area contributed by atoms with Crippen LogP contribution in [0.4, 0.5) is 11.6 Å². The van der Waals surface area contributed by atoms with Crippen molar-refractivity contribution in [3.05, 3.63) is 35.7 Å². The van der Waals surface area contributed by atoms with Crippen molar-refractivity contribution < 1.29 is 14.3 Å². The lowest BCUT2D eigenvalue weighted by Crippen LogP contribution is -2.31. The summed E-state index contributed by atoms with van der Waals surface area (Å²) in [6.45, 7) is 5.60. The van der Waals surface area contributed by atoms with Crippen LogP contribution in [0.15, 0.2) is 24.3 Å². The molecule has 0 atom stereocenters. The van der Waals surface area contributed by atoms with Gasteiger partial charge < -0.3 is 20.1 Å². The van der Waals surface area contributed by atoms with Crippen molar-refractivity contribution >= 4 is 17.5 Å². The van der Waals surface area contributed by atoms with Crippen LogP contribution in [0.5, 0.6) is 11.5 Å². The minimum atomic E-state index is -0.236. The first-order valence-electron chi connectivity index (χ1n) is 7.58. The number of aromatic nitrogens is 2. The minimum Gasteiger partial charge on any atom is -0.497 e. The number of ether oxygens (including phenoxy) is 2. The lowest BCUT2D eigenvalue weighted by atomic mass is 10.2. The molecule has 0 aliphatic heterocycles. The maximum atomic E-state index is 12.1. The van der Waals surface area contributed by atoms with Gasteiger partial charge in [0.15, 0.2) is 0 Å². The van der Waals surface area contributed by atoms with Crippen LogP contribution < -0.4 is 20.1 Å². The van der Waals surface area contributed by atoms with Gasteiger partial charge in [-0.3, -0.25) is 4.79 Å². The van der Waals surface area contributed by atoms with E-state index in [0.29, 0.717) is 34.5 Å². The average Bonchev–Trinajstić information content (AvgIpc) is 2.54. The smallest absolute Gasteiger partial charge is 0.270 e. The number of methoxy groups -OCH3 is 2. The molecule has 128 valence electrons. The molecule has 2 rings (SSSR count). The average molecular weight is 330 g/mol. The maximum absolute atomic E-state index is 12.1. The molecule has 0 spiro atoms.